The van der Waals surface area contributed by atoms with Gasteiger partial charge in [-0.3, -0.25) is 0 Å². The zero-order valence-corrected chi connectivity index (χ0v) is 16.0. The third-order valence-corrected chi connectivity index (χ3v) is 5.75. The van der Waals surface area contributed by atoms with Gasteiger partial charge in [-0.05, 0) is 70.9 Å². The summed E-state index contributed by atoms with van der Waals surface area (Å²) in [5.74, 6) is 1.04. The van der Waals surface area contributed by atoms with Crippen LogP contribution in [0.5, 0.6) is 0 Å². The Labute approximate surface area is 152 Å². The SMILES string of the molecule is Cc1nc(N2C[C@@H](C)O[C@@H](C)C2)ccc1C1(N)CCCC(N)CCC1. The van der Waals surface area contributed by atoms with Crippen molar-refractivity contribution in [2.24, 2.45) is 11.5 Å². The maximum atomic E-state index is 6.85. The van der Waals surface area contributed by atoms with E-state index in [2.05, 4.69) is 37.8 Å². The predicted octanol–water partition coefficient (Wildman–Crippen LogP) is 2.84. The van der Waals surface area contributed by atoms with Crippen LogP contribution in [0.4, 0.5) is 5.82 Å². The lowest BCUT2D eigenvalue weighted by atomic mass is 9.78. The van der Waals surface area contributed by atoms with Gasteiger partial charge in [-0.25, -0.2) is 4.98 Å². The van der Waals surface area contributed by atoms with E-state index in [-0.39, 0.29) is 17.7 Å². The fourth-order valence-electron chi connectivity index (χ4n) is 4.51. The number of hydrogen-bond donors (Lipinski definition) is 2. The second-order valence-electron chi connectivity index (χ2n) is 8.17. The fourth-order valence-corrected chi connectivity index (χ4v) is 4.51. The van der Waals surface area contributed by atoms with Crippen molar-refractivity contribution in [1.82, 2.24) is 4.98 Å². The highest BCUT2D eigenvalue weighted by Crippen LogP contribution is 2.35. The molecule has 5 heteroatoms. The van der Waals surface area contributed by atoms with Gasteiger partial charge in [0.2, 0.25) is 0 Å². The first-order chi connectivity index (χ1) is 11.9. The molecule has 0 unspecified atom stereocenters. The first kappa shape index (κ1) is 18.6. The van der Waals surface area contributed by atoms with E-state index in [4.69, 9.17) is 21.2 Å². The van der Waals surface area contributed by atoms with Gasteiger partial charge in [0.1, 0.15) is 5.82 Å². The van der Waals surface area contributed by atoms with Gasteiger partial charge in [0.05, 0.1) is 12.2 Å². The van der Waals surface area contributed by atoms with Crippen molar-refractivity contribution < 1.29 is 4.74 Å². The van der Waals surface area contributed by atoms with E-state index in [1.54, 1.807) is 0 Å². The molecule has 2 aliphatic rings. The smallest absolute Gasteiger partial charge is 0.128 e. The maximum Gasteiger partial charge on any atom is 0.128 e. The summed E-state index contributed by atoms with van der Waals surface area (Å²) in [6.45, 7) is 8.13. The molecule has 0 amide bonds. The van der Waals surface area contributed by atoms with Gasteiger partial charge in [-0.15, -0.1) is 0 Å². The quantitative estimate of drug-likeness (QED) is 0.861. The zero-order valence-electron chi connectivity index (χ0n) is 16.0. The monoisotopic (exact) mass is 346 g/mol. The normalized spacial score (nSPS) is 34.4. The third kappa shape index (κ3) is 4.33. The molecule has 25 heavy (non-hydrogen) atoms. The summed E-state index contributed by atoms with van der Waals surface area (Å²) in [5, 5.41) is 0. The highest BCUT2D eigenvalue weighted by molar-refractivity contribution is 5.44. The molecule has 1 aliphatic heterocycles. The van der Waals surface area contributed by atoms with Crippen molar-refractivity contribution in [3.63, 3.8) is 0 Å². The summed E-state index contributed by atoms with van der Waals surface area (Å²) in [4.78, 5) is 7.25. The van der Waals surface area contributed by atoms with Crippen LogP contribution in [0, 0.1) is 6.92 Å². The van der Waals surface area contributed by atoms with Crippen LogP contribution in [0.15, 0.2) is 12.1 Å². The molecule has 2 fully saturated rings. The van der Waals surface area contributed by atoms with Crippen molar-refractivity contribution >= 4 is 5.82 Å². The van der Waals surface area contributed by atoms with Crippen LogP contribution in [0.1, 0.15) is 63.6 Å². The van der Waals surface area contributed by atoms with E-state index in [1.165, 1.54) is 5.56 Å². The Morgan fingerprint density at radius 2 is 1.72 bits per heavy atom. The van der Waals surface area contributed by atoms with E-state index in [9.17, 15) is 0 Å². The largest absolute Gasteiger partial charge is 0.372 e. The Morgan fingerprint density at radius 1 is 1.12 bits per heavy atom. The number of morpholine rings is 1. The molecule has 140 valence electrons. The molecule has 0 bridgehead atoms. The Bertz CT molecular complexity index is 571. The van der Waals surface area contributed by atoms with Crippen LogP contribution in [0.25, 0.3) is 0 Å². The molecular formula is C20H34N4O. The molecule has 2 atom stereocenters. The second-order valence-corrected chi connectivity index (χ2v) is 8.17. The molecule has 0 aromatic carbocycles. The van der Waals surface area contributed by atoms with Gasteiger partial charge in [0.15, 0.2) is 0 Å². The minimum atomic E-state index is -0.263. The highest BCUT2D eigenvalue weighted by atomic mass is 16.5. The van der Waals surface area contributed by atoms with E-state index >= 15 is 0 Å². The first-order valence-corrected chi connectivity index (χ1v) is 9.80. The average Bonchev–Trinajstić information content (AvgIpc) is 2.52. The van der Waals surface area contributed by atoms with Crippen LogP contribution >= 0.6 is 0 Å². The summed E-state index contributed by atoms with van der Waals surface area (Å²) in [5.41, 5.74) is 15.0. The Morgan fingerprint density at radius 3 is 2.28 bits per heavy atom. The number of aryl methyl sites for hydroxylation is 1. The molecular weight excluding hydrogens is 312 g/mol. The summed E-state index contributed by atoms with van der Waals surface area (Å²) in [6, 6.07) is 4.70. The van der Waals surface area contributed by atoms with Crippen LogP contribution < -0.4 is 16.4 Å². The molecule has 5 nitrogen and oxygen atoms in total. The first-order valence-electron chi connectivity index (χ1n) is 9.80. The number of rotatable bonds is 2. The lowest BCUT2D eigenvalue weighted by Gasteiger charge is -2.37. The van der Waals surface area contributed by atoms with Gasteiger partial charge in [0, 0.05) is 30.4 Å². The molecule has 0 radical (unpaired) electrons. The minimum Gasteiger partial charge on any atom is -0.372 e. The van der Waals surface area contributed by atoms with Gasteiger partial charge in [-0.1, -0.05) is 6.07 Å². The topological polar surface area (TPSA) is 77.4 Å². The summed E-state index contributed by atoms with van der Waals surface area (Å²) < 4.78 is 5.84. The van der Waals surface area contributed by atoms with Crippen molar-refractivity contribution in [3.05, 3.63) is 23.4 Å². The van der Waals surface area contributed by atoms with Gasteiger partial charge in [-0.2, -0.15) is 0 Å². The number of aromatic nitrogens is 1. The third-order valence-electron chi connectivity index (χ3n) is 5.75. The zero-order chi connectivity index (χ0) is 18.0. The van der Waals surface area contributed by atoms with E-state index in [0.717, 1.165) is 63.1 Å². The van der Waals surface area contributed by atoms with E-state index in [0.29, 0.717) is 6.04 Å². The summed E-state index contributed by atoms with van der Waals surface area (Å²) >= 11 is 0. The summed E-state index contributed by atoms with van der Waals surface area (Å²) in [7, 11) is 0. The van der Waals surface area contributed by atoms with Crippen molar-refractivity contribution in [3.8, 4) is 0 Å². The lowest BCUT2D eigenvalue weighted by Crippen LogP contribution is -2.46. The molecule has 1 aromatic heterocycles. The summed E-state index contributed by atoms with van der Waals surface area (Å²) in [6.07, 6.45) is 6.81. The Kier molecular flexibility index (Phi) is 5.66. The highest BCUT2D eigenvalue weighted by Gasteiger charge is 2.31. The molecule has 1 saturated heterocycles. The average molecular weight is 347 g/mol. The maximum absolute atomic E-state index is 6.85. The Balaban J connectivity index is 1.79. The molecule has 1 aliphatic carbocycles. The van der Waals surface area contributed by atoms with E-state index in [1.807, 2.05) is 0 Å². The van der Waals surface area contributed by atoms with Crippen LogP contribution in [0.2, 0.25) is 0 Å². The number of nitrogens with two attached hydrogens (primary N) is 2. The standard InChI is InChI=1S/C20H34N4O/c1-14-12-24(13-15(2)25-14)19-9-8-18(16(3)23-19)20(22)10-4-6-17(21)7-5-11-20/h8-9,14-15,17H,4-7,10-13,21-22H2,1-3H3/t14-,15+,17?,20?. The fraction of sp³-hybridized carbons (Fsp3) is 0.750. The molecule has 1 saturated carbocycles. The van der Waals surface area contributed by atoms with Gasteiger partial charge >= 0.3 is 0 Å². The van der Waals surface area contributed by atoms with Crippen molar-refractivity contribution in [2.45, 2.75) is 83.1 Å². The lowest BCUT2D eigenvalue weighted by molar-refractivity contribution is -0.00547. The molecule has 3 rings (SSSR count). The van der Waals surface area contributed by atoms with E-state index < -0.39 is 0 Å². The van der Waals surface area contributed by atoms with Crippen LogP contribution in [0.3, 0.4) is 0 Å². The van der Waals surface area contributed by atoms with Gasteiger partial charge < -0.3 is 21.1 Å². The molecule has 4 N–H and O–H groups in total. The Hall–Kier alpha value is -1.17. The molecule has 1 aromatic rings. The molecule has 0 spiro atoms. The number of hydrogen-bond acceptors (Lipinski definition) is 5. The number of ether oxygens (including phenoxy) is 1. The number of anilines is 1. The molecule has 2 heterocycles. The minimum absolute atomic E-state index is 0.237. The number of pyridine rings is 1. The second kappa shape index (κ2) is 7.60. The number of nitrogens with zero attached hydrogens (tertiary/aromatic N) is 2. The van der Waals surface area contributed by atoms with Crippen LogP contribution in [-0.4, -0.2) is 36.3 Å². The van der Waals surface area contributed by atoms with Crippen molar-refractivity contribution in [1.29, 1.82) is 0 Å². The van der Waals surface area contributed by atoms with Crippen LogP contribution in [-0.2, 0) is 10.3 Å². The van der Waals surface area contributed by atoms with Gasteiger partial charge in [0.25, 0.3) is 0 Å². The predicted molar refractivity (Wildman–Crippen MR) is 103 cm³/mol. The van der Waals surface area contributed by atoms with Crippen molar-refractivity contribution in [2.75, 3.05) is 18.0 Å².